The number of hydrogen-bond donors (Lipinski definition) is 2. The van der Waals surface area contributed by atoms with Crippen LogP contribution in [0.3, 0.4) is 0 Å². The highest BCUT2D eigenvalue weighted by atomic mass is 16.5. The highest BCUT2D eigenvalue weighted by Crippen LogP contribution is 2.28. The molecule has 3 rings (SSSR count). The Hall–Kier alpha value is -2.83. The molecule has 3 aromatic rings. The van der Waals surface area contributed by atoms with E-state index < -0.39 is 5.97 Å². The van der Waals surface area contributed by atoms with Gasteiger partial charge in [0.25, 0.3) is 0 Å². The summed E-state index contributed by atoms with van der Waals surface area (Å²) in [6.07, 6.45) is 0. The van der Waals surface area contributed by atoms with Gasteiger partial charge in [-0.3, -0.25) is 0 Å². The Kier molecular flexibility index (Phi) is 2.28. The van der Waals surface area contributed by atoms with Crippen molar-refractivity contribution >= 4 is 28.3 Å². The van der Waals surface area contributed by atoms with Crippen LogP contribution < -0.4 is 10.5 Å². The normalized spacial score (nSPS) is 11.0. The van der Waals surface area contributed by atoms with Crippen LogP contribution in [0.25, 0.3) is 16.4 Å². The highest BCUT2D eigenvalue weighted by Gasteiger charge is 2.15. The zero-order valence-corrected chi connectivity index (χ0v) is 9.99. The Bertz CT molecular complexity index is 809. The SMILES string of the molecule is COc1cccc2c1nc(N)n1nc(C(=O)O)cc21. The Morgan fingerprint density at radius 1 is 1.47 bits per heavy atom. The zero-order valence-electron chi connectivity index (χ0n) is 9.99. The number of nitrogens with two attached hydrogens (primary N) is 1. The van der Waals surface area contributed by atoms with Gasteiger partial charge in [0.05, 0.1) is 12.6 Å². The van der Waals surface area contributed by atoms with Crippen molar-refractivity contribution < 1.29 is 14.6 Å². The van der Waals surface area contributed by atoms with E-state index in [2.05, 4.69) is 10.1 Å². The molecule has 0 aliphatic heterocycles. The molecule has 2 heterocycles. The largest absolute Gasteiger partial charge is 0.494 e. The molecule has 0 bridgehead atoms. The van der Waals surface area contributed by atoms with E-state index in [1.54, 1.807) is 12.1 Å². The number of carbonyl (C=O) groups is 1. The molecule has 96 valence electrons. The lowest BCUT2D eigenvalue weighted by Crippen LogP contribution is -2.04. The molecule has 0 spiro atoms. The van der Waals surface area contributed by atoms with Gasteiger partial charge in [-0.05, 0) is 12.1 Å². The van der Waals surface area contributed by atoms with Crippen molar-refractivity contribution in [2.24, 2.45) is 0 Å². The van der Waals surface area contributed by atoms with Crippen LogP contribution in [0.1, 0.15) is 10.5 Å². The summed E-state index contributed by atoms with van der Waals surface area (Å²) in [4.78, 5) is 15.2. The third-order valence-electron chi connectivity index (χ3n) is 2.87. The van der Waals surface area contributed by atoms with E-state index >= 15 is 0 Å². The molecular weight excluding hydrogens is 248 g/mol. The topological polar surface area (TPSA) is 103 Å². The molecular formula is C12H10N4O3. The zero-order chi connectivity index (χ0) is 13.6. The molecule has 19 heavy (non-hydrogen) atoms. The van der Waals surface area contributed by atoms with Crippen molar-refractivity contribution in [1.29, 1.82) is 0 Å². The van der Waals surface area contributed by atoms with E-state index in [0.717, 1.165) is 5.39 Å². The standard InChI is InChI=1S/C12H10N4O3/c1-19-9-4-2-3-6-8-5-7(11(17)18)15-16(8)12(13)14-10(6)9/h2-5H,1H3,(H2,13,14)(H,17,18). The number of nitrogen functional groups attached to an aromatic ring is 1. The van der Waals surface area contributed by atoms with Gasteiger partial charge < -0.3 is 15.6 Å². The number of methoxy groups -OCH3 is 1. The minimum atomic E-state index is -1.11. The van der Waals surface area contributed by atoms with Gasteiger partial charge in [-0.25, -0.2) is 9.78 Å². The van der Waals surface area contributed by atoms with E-state index in [1.165, 1.54) is 17.7 Å². The number of aromatic nitrogens is 3. The van der Waals surface area contributed by atoms with E-state index in [4.69, 9.17) is 15.6 Å². The van der Waals surface area contributed by atoms with Gasteiger partial charge in [0.1, 0.15) is 11.3 Å². The average Bonchev–Trinajstić information content (AvgIpc) is 2.84. The third kappa shape index (κ3) is 1.55. The Morgan fingerprint density at radius 2 is 2.26 bits per heavy atom. The molecule has 0 aliphatic carbocycles. The number of rotatable bonds is 2. The number of para-hydroxylation sites is 1. The summed E-state index contributed by atoms with van der Waals surface area (Å²) in [5.74, 6) is -0.427. The Morgan fingerprint density at radius 3 is 2.95 bits per heavy atom. The number of aromatic carboxylic acids is 1. The Labute approximate surface area is 107 Å². The monoisotopic (exact) mass is 258 g/mol. The van der Waals surface area contributed by atoms with E-state index in [9.17, 15) is 4.79 Å². The Balaban J connectivity index is 2.48. The van der Waals surface area contributed by atoms with Gasteiger partial charge in [-0.15, -0.1) is 0 Å². The second kappa shape index (κ2) is 3.84. The third-order valence-corrected chi connectivity index (χ3v) is 2.87. The van der Waals surface area contributed by atoms with Crippen LogP contribution in [0.5, 0.6) is 5.75 Å². The van der Waals surface area contributed by atoms with Crippen LogP contribution >= 0.6 is 0 Å². The summed E-state index contributed by atoms with van der Waals surface area (Å²) in [5.41, 5.74) is 6.88. The number of ether oxygens (including phenoxy) is 1. The molecule has 0 saturated carbocycles. The molecule has 0 atom stereocenters. The van der Waals surface area contributed by atoms with Crippen LogP contribution in [0, 0.1) is 0 Å². The summed E-state index contributed by atoms with van der Waals surface area (Å²) in [5, 5.41) is 13.6. The number of carboxylic acids is 1. The maximum absolute atomic E-state index is 11.0. The number of anilines is 1. The van der Waals surface area contributed by atoms with Crippen molar-refractivity contribution in [3.05, 3.63) is 30.0 Å². The fourth-order valence-corrected chi connectivity index (χ4v) is 2.02. The molecule has 0 amide bonds. The molecule has 0 unspecified atom stereocenters. The minimum absolute atomic E-state index is 0.0798. The van der Waals surface area contributed by atoms with Gasteiger partial charge >= 0.3 is 5.97 Å². The lowest BCUT2D eigenvalue weighted by atomic mass is 10.2. The molecule has 3 N–H and O–H groups in total. The maximum atomic E-state index is 11.0. The van der Waals surface area contributed by atoms with Crippen molar-refractivity contribution in [3.8, 4) is 5.75 Å². The van der Waals surface area contributed by atoms with Crippen LogP contribution in [-0.4, -0.2) is 32.8 Å². The predicted molar refractivity (Wildman–Crippen MR) is 68.4 cm³/mol. The molecule has 0 fully saturated rings. The molecule has 0 saturated heterocycles. The van der Waals surface area contributed by atoms with E-state index in [-0.39, 0.29) is 11.6 Å². The van der Waals surface area contributed by atoms with Gasteiger partial charge in [0.15, 0.2) is 5.69 Å². The van der Waals surface area contributed by atoms with Crippen LogP contribution in [-0.2, 0) is 0 Å². The number of hydrogen-bond acceptors (Lipinski definition) is 5. The maximum Gasteiger partial charge on any atom is 0.356 e. The highest BCUT2D eigenvalue weighted by molar-refractivity contribution is 5.99. The van der Waals surface area contributed by atoms with Crippen molar-refractivity contribution in [3.63, 3.8) is 0 Å². The molecule has 0 aliphatic rings. The van der Waals surface area contributed by atoms with Crippen LogP contribution in [0.15, 0.2) is 24.3 Å². The summed E-state index contributed by atoms with van der Waals surface area (Å²) in [7, 11) is 1.54. The van der Waals surface area contributed by atoms with Crippen molar-refractivity contribution in [2.75, 3.05) is 12.8 Å². The summed E-state index contributed by atoms with van der Waals surface area (Å²) >= 11 is 0. The number of nitrogens with zero attached hydrogens (tertiary/aromatic N) is 3. The molecule has 0 radical (unpaired) electrons. The number of benzene rings is 1. The first-order valence-corrected chi connectivity index (χ1v) is 5.47. The second-order valence-electron chi connectivity index (χ2n) is 3.96. The molecule has 1 aromatic carbocycles. The lowest BCUT2D eigenvalue weighted by molar-refractivity contribution is 0.0690. The first-order chi connectivity index (χ1) is 9.11. The lowest BCUT2D eigenvalue weighted by Gasteiger charge is -2.07. The fraction of sp³-hybridized carbons (Fsp3) is 0.0833. The van der Waals surface area contributed by atoms with E-state index in [1.807, 2.05) is 6.07 Å². The van der Waals surface area contributed by atoms with Gasteiger partial charge in [-0.1, -0.05) is 12.1 Å². The fourth-order valence-electron chi connectivity index (χ4n) is 2.02. The van der Waals surface area contributed by atoms with Crippen LogP contribution in [0.2, 0.25) is 0 Å². The average molecular weight is 258 g/mol. The minimum Gasteiger partial charge on any atom is -0.494 e. The first kappa shape index (κ1) is 11.3. The predicted octanol–water partition coefficient (Wildman–Crippen LogP) is 1.17. The van der Waals surface area contributed by atoms with Gasteiger partial charge in [0, 0.05) is 5.39 Å². The van der Waals surface area contributed by atoms with Crippen molar-refractivity contribution in [1.82, 2.24) is 14.6 Å². The molecule has 7 nitrogen and oxygen atoms in total. The quantitative estimate of drug-likeness (QED) is 0.715. The summed E-state index contributed by atoms with van der Waals surface area (Å²) in [6.45, 7) is 0. The second-order valence-corrected chi connectivity index (χ2v) is 3.96. The molecule has 7 heteroatoms. The van der Waals surface area contributed by atoms with Gasteiger partial charge in [0.2, 0.25) is 5.95 Å². The number of carboxylic acid groups (broad SMARTS) is 1. The van der Waals surface area contributed by atoms with Crippen molar-refractivity contribution in [2.45, 2.75) is 0 Å². The summed E-state index contributed by atoms with van der Waals surface area (Å²) in [6, 6.07) is 6.83. The van der Waals surface area contributed by atoms with Crippen LogP contribution in [0.4, 0.5) is 5.95 Å². The summed E-state index contributed by atoms with van der Waals surface area (Å²) < 4.78 is 6.53. The first-order valence-electron chi connectivity index (χ1n) is 5.47. The van der Waals surface area contributed by atoms with E-state index in [0.29, 0.717) is 16.8 Å². The van der Waals surface area contributed by atoms with Gasteiger partial charge in [-0.2, -0.15) is 9.61 Å². The number of fused-ring (bicyclic) bond motifs is 3. The smallest absolute Gasteiger partial charge is 0.356 e. The molecule has 2 aromatic heterocycles.